The van der Waals surface area contributed by atoms with Crippen molar-refractivity contribution < 1.29 is 9.47 Å². The van der Waals surface area contributed by atoms with Gasteiger partial charge in [0.1, 0.15) is 11.4 Å². The summed E-state index contributed by atoms with van der Waals surface area (Å²) in [5.41, 5.74) is 1.64. The largest absolute Gasteiger partial charge is 0.497 e. The first-order valence-corrected chi connectivity index (χ1v) is 7.86. The van der Waals surface area contributed by atoms with Gasteiger partial charge in [-0.15, -0.1) is 5.10 Å². The summed E-state index contributed by atoms with van der Waals surface area (Å²) < 4.78 is 12.9. The number of benzene rings is 1. The van der Waals surface area contributed by atoms with E-state index in [0.717, 1.165) is 29.8 Å². The van der Waals surface area contributed by atoms with E-state index in [1.54, 1.807) is 13.2 Å². The maximum Gasteiger partial charge on any atom is 0.120 e. The summed E-state index contributed by atoms with van der Waals surface area (Å²) in [6, 6.07) is 5.88. The molecule has 1 aromatic carbocycles. The van der Waals surface area contributed by atoms with Crippen molar-refractivity contribution in [3.8, 4) is 17.0 Å². The molecular weight excluding hydrogens is 302 g/mol. The number of nitrogens with zero attached hydrogens (tertiary/aromatic N) is 3. The minimum absolute atomic E-state index is 0.242. The number of aromatic nitrogens is 3. The summed E-state index contributed by atoms with van der Waals surface area (Å²) in [5, 5.41) is 9.18. The zero-order chi connectivity index (χ0) is 15.7. The van der Waals surface area contributed by atoms with Gasteiger partial charge in [-0.2, -0.15) is 0 Å². The van der Waals surface area contributed by atoms with Crippen molar-refractivity contribution in [2.45, 2.75) is 44.9 Å². The van der Waals surface area contributed by atoms with Crippen molar-refractivity contribution in [2.24, 2.45) is 0 Å². The Hall–Kier alpha value is -1.59. The smallest absolute Gasteiger partial charge is 0.120 e. The first kappa shape index (κ1) is 15.3. The van der Waals surface area contributed by atoms with Gasteiger partial charge in [-0.3, -0.25) is 0 Å². The van der Waals surface area contributed by atoms with Crippen molar-refractivity contribution in [2.75, 3.05) is 7.11 Å². The lowest BCUT2D eigenvalue weighted by Crippen LogP contribution is -2.31. The zero-order valence-electron chi connectivity index (χ0n) is 13.0. The minimum atomic E-state index is 0.242. The molecule has 1 aromatic heterocycles. The molecule has 0 saturated carbocycles. The van der Waals surface area contributed by atoms with Crippen LogP contribution in [0.15, 0.2) is 24.4 Å². The Balaban J connectivity index is 1.84. The van der Waals surface area contributed by atoms with Gasteiger partial charge in [-0.05, 0) is 44.9 Å². The molecule has 1 aliphatic rings. The molecule has 0 bridgehead atoms. The zero-order valence-corrected chi connectivity index (χ0v) is 13.7. The maximum atomic E-state index is 6.31. The third-order valence-corrected chi connectivity index (χ3v) is 4.32. The van der Waals surface area contributed by atoms with Crippen LogP contribution < -0.4 is 4.74 Å². The van der Waals surface area contributed by atoms with Crippen LogP contribution in [0, 0.1) is 0 Å². The second kappa shape index (κ2) is 6.26. The highest BCUT2D eigenvalue weighted by Gasteiger charge is 2.26. The van der Waals surface area contributed by atoms with Gasteiger partial charge in [0.05, 0.1) is 36.6 Å². The SMILES string of the molecule is COc1ccc(-c2cn(C3C[C@@H](C)O[C@@H](C)C3)nn2)c(Cl)c1. The monoisotopic (exact) mass is 321 g/mol. The van der Waals surface area contributed by atoms with Crippen LogP contribution >= 0.6 is 11.6 Å². The van der Waals surface area contributed by atoms with Crippen molar-refractivity contribution >= 4 is 11.6 Å². The topological polar surface area (TPSA) is 49.2 Å². The predicted molar refractivity (Wildman–Crippen MR) is 85.3 cm³/mol. The number of hydrogen-bond donors (Lipinski definition) is 0. The highest BCUT2D eigenvalue weighted by Crippen LogP contribution is 2.32. The molecule has 3 rings (SSSR count). The summed E-state index contributed by atoms with van der Waals surface area (Å²) in [6.45, 7) is 4.20. The first-order chi connectivity index (χ1) is 10.6. The lowest BCUT2D eigenvalue weighted by atomic mass is 10.00. The van der Waals surface area contributed by atoms with E-state index in [4.69, 9.17) is 21.1 Å². The van der Waals surface area contributed by atoms with Crippen LogP contribution in [0.25, 0.3) is 11.3 Å². The van der Waals surface area contributed by atoms with Crippen LogP contribution in [-0.2, 0) is 4.74 Å². The fourth-order valence-electron chi connectivity index (χ4n) is 3.00. The van der Waals surface area contributed by atoms with Crippen molar-refractivity contribution in [1.82, 2.24) is 15.0 Å². The van der Waals surface area contributed by atoms with Gasteiger partial charge in [-0.25, -0.2) is 4.68 Å². The van der Waals surface area contributed by atoms with Gasteiger partial charge < -0.3 is 9.47 Å². The molecule has 0 radical (unpaired) electrons. The summed E-state index contributed by atoms with van der Waals surface area (Å²) in [7, 11) is 1.62. The fourth-order valence-corrected chi connectivity index (χ4v) is 3.26. The number of halogens is 1. The van der Waals surface area contributed by atoms with Crippen LogP contribution in [0.3, 0.4) is 0 Å². The van der Waals surface area contributed by atoms with E-state index < -0.39 is 0 Å². The molecule has 1 unspecified atom stereocenters. The normalized spacial score (nSPS) is 25.2. The Kier molecular flexibility index (Phi) is 4.36. The van der Waals surface area contributed by atoms with Gasteiger partial charge >= 0.3 is 0 Å². The van der Waals surface area contributed by atoms with Gasteiger partial charge in [0, 0.05) is 5.56 Å². The van der Waals surface area contributed by atoms with E-state index in [9.17, 15) is 0 Å². The van der Waals surface area contributed by atoms with Crippen molar-refractivity contribution in [3.05, 3.63) is 29.4 Å². The molecule has 1 saturated heterocycles. The Morgan fingerprint density at radius 2 is 2.00 bits per heavy atom. The summed E-state index contributed by atoms with van der Waals surface area (Å²) in [4.78, 5) is 0. The lowest BCUT2D eigenvalue weighted by molar-refractivity contribution is -0.0508. The summed E-state index contributed by atoms with van der Waals surface area (Å²) in [5.74, 6) is 0.730. The van der Waals surface area contributed by atoms with Crippen LogP contribution in [-0.4, -0.2) is 34.3 Å². The molecule has 118 valence electrons. The second-order valence-corrected chi connectivity index (χ2v) is 6.22. The summed E-state index contributed by atoms with van der Waals surface area (Å²) >= 11 is 6.31. The fraction of sp³-hybridized carbons (Fsp3) is 0.500. The average Bonchev–Trinajstić information content (AvgIpc) is 2.95. The molecule has 1 aliphatic heterocycles. The van der Waals surface area contributed by atoms with Gasteiger partial charge in [0.25, 0.3) is 0 Å². The average molecular weight is 322 g/mol. The third-order valence-electron chi connectivity index (χ3n) is 4.01. The molecule has 5 nitrogen and oxygen atoms in total. The number of rotatable bonds is 3. The highest BCUT2D eigenvalue weighted by molar-refractivity contribution is 6.33. The van der Waals surface area contributed by atoms with E-state index in [1.807, 2.05) is 23.0 Å². The molecule has 2 heterocycles. The molecule has 1 fully saturated rings. The van der Waals surface area contributed by atoms with E-state index in [2.05, 4.69) is 24.2 Å². The first-order valence-electron chi connectivity index (χ1n) is 7.48. The molecule has 0 spiro atoms. The Morgan fingerprint density at radius 3 is 2.64 bits per heavy atom. The van der Waals surface area contributed by atoms with Gasteiger partial charge in [0.15, 0.2) is 0 Å². The van der Waals surface area contributed by atoms with Crippen molar-refractivity contribution in [1.29, 1.82) is 0 Å². The Morgan fingerprint density at radius 1 is 1.27 bits per heavy atom. The molecule has 6 heteroatoms. The molecule has 0 amide bonds. The van der Waals surface area contributed by atoms with E-state index in [0.29, 0.717) is 11.1 Å². The minimum Gasteiger partial charge on any atom is -0.497 e. The summed E-state index contributed by atoms with van der Waals surface area (Å²) in [6.07, 6.45) is 4.34. The highest BCUT2D eigenvalue weighted by atomic mass is 35.5. The quantitative estimate of drug-likeness (QED) is 0.864. The maximum absolute atomic E-state index is 6.31. The van der Waals surface area contributed by atoms with Gasteiger partial charge in [0.2, 0.25) is 0 Å². The van der Waals surface area contributed by atoms with Crippen molar-refractivity contribution in [3.63, 3.8) is 0 Å². The van der Waals surface area contributed by atoms with Crippen LogP contribution in [0.5, 0.6) is 5.75 Å². The van der Waals surface area contributed by atoms with Crippen LogP contribution in [0.1, 0.15) is 32.7 Å². The predicted octanol–water partition coefficient (Wildman–Crippen LogP) is 3.74. The standard InChI is InChI=1S/C16H20ClN3O2/c1-10-6-12(7-11(2)22-10)20-9-16(18-19-20)14-5-4-13(21-3)8-15(14)17/h4-5,8-12H,6-7H2,1-3H3/t10-,11+,12?. The third kappa shape index (κ3) is 3.10. The Labute approximate surface area is 135 Å². The van der Waals surface area contributed by atoms with Crippen LogP contribution in [0.2, 0.25) is 5.02 Å². The number of hydrogen-bond acceptors (Lipinski definition) is 4. The van der Waals surface area contributed by atoms with Crippen LogP contribution in [0.4, 0.5) is 0 Å². The van der Waals surface area contributed by atoms with E-state index >= 15 is 0 Å². The van der Waals surface area contributed by atoms with E-state index in [-0.39, 0.29) is 12.2 Å². The molecule has 2 aromatic rings. The second-order valence-electron chi connectivity index (χ2n) is 5.81. The molecule has 0 N–H and O–H groups in total. The number of ether oxygens (including phenoxy) is 2. The molecular formula is C16H20ClN3O2. The Bertz CT molecular complexity index is 649. The molecule has 3 atom stereocenters. The molecule has 22 heavy (non-hydrogen) atoms. The number of methoxy groups -OCH3 is 1. The van der Waals surface area contributed by atoms with E-state index in [1.165, 1.54) is 0 Å². The molecule has 0 aliphatic carbocycles. The lowest BCUT2D eigenvalue weighted by Gasteiger charge is -2.31. The van der Waals surface area contributed by atoms with Gasteiger partial charge in [-0.1, -0.05) is 16.8 Å².